The number of likely N-dealkylation sites (tertiary alicyclic amines) is 1. The number of carbonyl (C=O) groups is 1. The predicted molar refractivity (Wildman–Crippen MR) is 76.0 cm³/mol. The summed E-state index contributed by atoms with van der Waals surface area (Å²) in [6.07, 6.45) is 2.96. The van der Waals surface area contributed by atoms with Crippen LogP contribution in [0.2, 0.25) is 0 Å². The molecule has 2 aliphatic rings. The van der Waals surface area contributed by atoms with Crippen LogP contribution in [0.25, 0.3) is 0 Å². The Balaban J connectivity index is 1.45. The molecule has 1 N–H and O–H groups in total. The summed E-state index contributed by atoms with van der Waals surface area (Å²) >= 11 is 0. The fraction of sp³-hybridized carbons (Fsp3) is 0.562. The number of amides is 1. The van der Waals surface area contributed by atoms with Crippen LogP contribution in [0, 0.1) is 5.92 Å². The average molecular weight is 258 g/mol. The highest BCUT2D eigenvalue weighted by atomic mass is 16.1. The molecule has 1 aromatic rings. The van der Waals surface area contributed by atoms with Gasteiger partial charge in [-0.25, -0.2) is 0 Å². The second kappa shape index (κ2) is 5.33. The molecule has 0 spiro atoms. The first-order valence-corrected chi connectivity index (χ1v) is 7.25. The SMILES string of the molecule is CN1CCC(CC(=O)N[C@H]2CC2c2ccccc2)C1. The molecule has 102 valence electrons. The predicted octanol–water partition coefficient (Wildman–Crippen LogP) is 2.00. The molecule has 2 unspecified atom stereocenters. The maximum Gasteiger partial charge on any atom is 0.220 e. The van der Waals surface area contributed by atoms with E-state index in [2.05, 4.69) is 41.5 Å². The lowest BCUT2D eigenvalue weighted by Gasteiger charge is -2.10. The fourth-order valence-corrected chi connectivity index (χ4v) is 3.14. The van der Waals surface area contributed by atoms with Crippen LogP contribution in [0.3, 0.4) is 0 Å². The van der Waals surface area contributed by atoms with E-state index < -0.39 is 0 Å². The van der Waals surface area contributed by atoms with Crippen molar-refractivity contribution in [3.05, 3.63) is 35.9 Å². The van der Waals surface area contributed by atoms with Gasteiger partial charge in [0.15, 0.2) is 0 Å². The van der Waals surface area contributed by atoms with Crippen LogP contribution in [-0.4, -0.2) is 37.0 Å². The zero-order chi connectivity index (χ0) is 13.2. The Hall–Kier alpha value is -1.35. The number of nitrogens with one attached hydrogen (secondary N) is 1. The molecule has 1 heterocycles. The third-order valence-electron chi connectivity index (χ3n) is 4.33. The van der Waals surface area contributed by atoms with E-state index in [0.717, 1.165) is 25.9 Å². The second-order valence-electron chi connectivity index (χ2n) is 6.05. The van der Waals surface area contributed by atoms with Gasteiger partial charge in [-0.3, -0.25) is 4.79 Å². The highest BCUT2D eigenvalue weighted by Gasteiger charge is 2.39. The molecule has 0 aromatic heterocycles. The molecule has 3 rings (SSSR count). The summed E-state index contributed by atoms with van der Waals surface area (Å²) in [5, 5.41) is 3.19. The molecule has 1 amide bonds. The normalized spacial score (nSPS) is 30.3. The van der Waals surface area contributed by atoms with Crippen molar-refractivity contribution in [2.75, 3.05) is 20.1 Å². The van der Waals surface area contributed by atoms with Crippen LogP contribution in [-0.2, 0) is 4.79 Å². The van der Waals surface area contributed by atoms with E-state index in [0.29, 0.717) is 24.3 Å². The number of nitrogens with zero attached hydrogens (tertiary/aromatic N) is 1. The van der Waals surface area contributed by atoms with Crippen LogP contribution < -0.4 is 5.32 Å². The van der Waals surface area contributed by atoms with Gasteiger partial charge in [-0.05, 0) is 37.9 Å². The maximum absolute atomic E-state index is 12.0. The van der Waals surface area contributed by atoms with Crippen molar-refractivity contribution in [2.45, 2.75) is 31.2 Å². The minimum Gasteiger partial charge on any atom is -0.353 e. The van der Waals surface area contributed by atoms with Crippen molar-refractivity contribution in [1.82, 2.24) is 10.2 Å². The summed E-state index contributed by atoms with van der Waals surface area (Å²) in [5.41, 5.74) is 1.35. The molecule has 2 fully saturated rings. The van der Waals surface area contributed by atoms with E-state index >= 15 is 0 Å². The molecule has 1 aliphatic carbocycles. The lowest BCUT2D eigenvalue weighted by Crippen LogP contribution is -2.29. The standard InChI is InChI=1S/C16H22N2O/c1-18-8-7-12(11-18)9-16(19)17-15-10-14(15)13-5-3-2-4-6-13/h2-6,12,14-15H,7-11H2,1H3,(H,17,19)/t12?,14?,15-/m0/s1. The summed E-state index contributed by atoms with van der Waals surface area (Å²) in [5.74, 6) is 1.33. The molecule has 1 saturated heterocycles. The molecule has 0 bridgehead atoms. The van der Waals surface area contributed by atoms with E-state index in [1.807, 2.05) is 6.07 Å². The van der Waals surface area contributed by atoms with Gasteiger partial charge >= 0.3 is 0 Å². The van der Waals surface area contributed by atoms with E-state index in [-0.39, 0.29) is 5.91 Å². The molecule has 1 aliphatic heterocycles. The van der Waals surface area contributed by atoms with Crippen LogP contribution in [0.1, 0.15) is 30.7 Å². The molecule has 19 heavy (non-hydrogen) atoms. The smallest absolute Gasteiger partial charge is 0.220 e. The van der Waals surface area contributed by atoms with Gasteiger partial charge < -0.3 is 10.2 Å². The summed E-state index contributed by atoms with van der Waals surface area (Å²) < 4.78 is 0. The molecule has 1 saturated carbocycles. The van der Waals surface area contributed by atoms with Crippen molar-refractivity contribution >= 4 is 5.91 Å². The minimum atomic E-state index is 0.240. The van der Waals surface area contributed by atoms with E-state index in [4.69, 9.17) is 0 Å². The maximum atomic E-state index is 12.0. The second-order valence-corrected chi connectivity index (χ2v) is 6.05. The number of carbonyl (C=O) groups excluding carboxylic acids is 1. The van der Waals surface area contributed by atoms with E-state index in [1.165, 1.54) is 5.56 Å². The Bertz CT molecular complexity index is 445. The van der Waals surface area contributed by atoms with Gasteiger partial charge in [-0.2, -0.15) is 0 Å². The first-order chi connectivity index (χ1) is 9.22. The van der Waals surface area contributed by atoms with Crippen molar-refractivity contribution in [3.8, 4) is 0 Å². The number of benzene rings is 1. The summed E-state index contributed by atoms with van der Waals surface area (Å²) in [6.45, 7) is 2.20. The van der Waals surface area contributed by atoms with Crippen LogP contribution in [0.5, 0.6) is 0 Å². The Morgan fingerprint density at radius 1 is 1.37 bits per heavy atom. The summed E-state index contributed by atoms with van der Waals surface area (Å²) in [4.78, 5) is 14.3. The highest BCUT2D eigenvalue weighted by Crippen LogP contribution is 2.40. The average Bonchev–Trinajstić information content (AvgIpc) is 3.05. The monoisotopic (exact) mass is 258 g/mol. The molecule has 3 heteroatoms. The van der Waals surface area contributed by atoms with Crippen LogP contribution in [0.4, 0.5) is 0 Å². The lowest BCUT2D eigenvalue weighted by molar-refractivity contribution is -0.122. The van der Waals surface area contributed by atoms with Gasteiger partial charge in [0.1, 0.15) is 0 Å². The summed E-state index contributed by atoms with van der Waals surface area (Å²) in [6, 6.07) is 10.9. The highest BCUT2D eigenvalue weighted by molar-refractivity contribution is 5.77. The third-order valence-corrected chi connectivity index (χ3v) is 4.33. The Morgan fingerprint density at radius 3 is 2.84 bits per heavy atom. The molecule has 3 atom stereocenters. The first-order valence-electron chi connectivity index (χ1n) is 7.25. The van der Waals surface area contributed by atoms with Gasteiger partial charge in [0.05, 0.1) is 0 Å². The molecular formula is C16H22N2O. The number of hydrogen-bond acceptors (Lipinski definition) is 2. The van der Waals surface area contributed by atoms with Gasteiger partial charge in [0.2, 0.25) is 5.91 Å². The minimum absolute atomic E-state index is 0.240. The molecular weight excluding hydrogens is 236 g/mol. The van der Waals surface area contributed by atoms with Gasteiger partial charge in [0, 0.05) is 24.9 Å². The largest absolute Gasteiger partial charge is 0.353 e. The number of rotatable bonds is 4. The van der Waals surface area contributed by atoms with Gasteiger partial charge in [0.25, 0.3) is 0 Å². The zero-order valence-electron chi connectivity index (χ0n) is 11.5. The van der Waals surface area contributed by atoms with Crippen LogP contribution in [0.15, 0.2) is 30.3 Å². The van der Waals surface area contributed by atoms with Crippen LogP contribution >= 0.6 is 0 Å². The van der Waals surface area contributed by atoms with Crippen molar-refractivity contribution in [1.29, 1.82) is 0 Å². The van der Waals surface area contributed by atoms with Gasteiger partial charge in [-0.1, -0.05) is 30.3 Å². The van der Waals surface area contributed by atoms with E-state index in [9.17, 15) is 4.79 Å². The topological polar surface area (TPSA) is 32.3 Å². The Kier molecular flexibility index (Phi) is 3.56. The number of hydrogen-bond donors (Lipinski definition) is 1. The zero-order valence-corrected chi connectivity index (χ0v) is 11.5. The fourth-order valence-electron chi connectivity index (χ4n) is 3.14. The molecule has 1 aromatic carbocycles. The van der Waals surface area contributed by atoms with E-state index in [1.54, 1.807) is 0 Å². The molecule has 0 radical (unpaired) electrons. The third kappa shape index (κ3) is 3.16. The van der Waals surface area contributed by atoms with Gasteiger partial charge in [-0.15, -0.1) is 0 Å². The first kappa shape index (κ1) is 12.7. The molecule has 3 nitrogen and oxygen atoms in total. The Morgan fingerprint density at radius 2 is 2.16 bits per heavy atom. The quantitative estimate of drug-likeness (QED) is 0.896. The Labute approximate surface area is 115 Å². The van der Waals surface area contributed by atoms with Crippen molar-refractivity contribution in [2.24, 2.45) is 5.92 Å². The lowest BCUT2D eigenvalue weighted by atomic mass is 10.0. The summed E-state index contributed by atoms with van der Waals surface area (Å²) in [7, 11) is 2.13. The van der Waals surface area contributed by atoms with Crippen molar-refractivity contribution < 1.29 is 4.79 Å². The van der Waals surface area contributed by atoms with Crippen molar-refractivity contribution in [3.63, 3.8) is 0 Å².